The summed E-state index contributed by atoms with van der Waals surface area (Å²) in [6.07, 6.45) is 66.5. The molecule has 0 radical (unpaired) electrons. The van der Waals surface area contributed by atoms with Crippen molar-refractivity contribution in [3.8, 4) is 0 Å². The molecule has 0 fully saturated rings. The van der Waals surface area contributed by atoms with Gasteiger partial charge in [-0.15, -0.1) is 45.3 Å². The first kappa shape index (κ1) is 69.5. The lowest BCUT2D eigenvalue weighted by Crippen LogP contribution is -1.87. The van der Waals surface area contributed by atoms with Crippen LogP contribution in [-0.2, 0) is 25.7 Å². The lowest BCUT2D eigenvalue weighted by Gasteiger charge is -2.03. The number of unbranched alkanes of at least 4 members (excludes halogenated alkanes) is 20. The number of thioether (sulfide) groups is 4. The van der Waals surface area contributed by atoms with Gasteiger partial charge in [-0.1, -0.05) is 257 Å². The second-order valence-corrected chi connectivity index (χ2v) is 32.8. The Bertz CT molecular complexity index is 2440. The molecule has 6 heterocycles. The van der Waals surface area contributed by atoms with E-state index in [0.29, 0.717) is 0 Å². The van der Waals surface area contributed by atoms with Crippen LogP contribution in [0.4, 0.5) is 0 Å². The van der Waals surface area contributed by atoms with E-state index in [9.17, 15) is 0 Å². The van der Waals surface area contributed by atoms with E-state index in [-0.39, 0.29) is 0 Å². The van der Waals surface area contributed by atoms with E-state index in [1.807, 2.05) is 45.3 Å². The fraction of sp³-hybridized carbons (Fsp3) is 0.595. The zero-order valence-electron chi connectivity index (χ0n) is 52.7. The van der Waals surface area contributed by atoms with Gasteiger partial charge in [-0.25, -0.2) is 0 Å². The molecule has 0 atom stereocenters. The Kier molecular flexibility index (Phi) is 35.2. The summed E-state index contributed by atoms with van der Waals surface area (Å²) >= 11 is 16.3. The molecule has 82 heavy (non-hydrogen) atoms. The first-order valence-electron chi connectivity index (χ1n) is 33.4. The molecule has 0 bridgehead atoms. The van der Waals surface area contributed by atoms with Gasteiger partial charge in [0.1, 0.15) is 0 Å². The highest BCUT2D eigenvalue weighted by Gasteiger charge is 2.22. The number of hydrogen-bond donors (Lipinski definition) is 0. The Hall–Kier alpha value is -1.62. The highest BCUT2D eigenvalue weighted by Crippen LogP contribution is 2.54. The van der Waals surface area contributed by atoms with Gasteiger partial charge in [0.25, 0.3) is 0 Å². The van der Waals surface area contributed by atoms with Crippen molar-refractivity contribution in [1.29, 1.82) is 0 Å². The Labute approximate surface area is 536 Å². The number of allylic oxidation sites excluding steroid dienone is 4. The summed E-state index contributed by atoms with van der Waals surface area (Å²) < 4.78 is 2.95. The highest BCUT2D eigenvalue weighted by molar-refractivity contribution is 8.29. The van der Waals surface area contributed by atoms with Crippen molar-refractivity contribution in [1.82, 2.24) is 0 Å². The Morgan fingerprint density at radius 1 is 0.244 bits per heavy atom. The molecule has 2 aliphatic heterocycles. The molecule has 0 spiro atoms. The Balaban J connectivity index is 1.28. The molecule has 4 aromatic heterocycles. The van der Waals surface area contributed by atoms with E-state index < -0.39 is 0 Å². The molecular formula is C74H108S8. The second-order valence-electron chi connectivity index (χ2n) is 23.3. The van der Waals surface area contributed by atoms with Crippen LogP contribution in [0, 0.1) is 0 Å². The van der Waals surface area contributed by atoms with Gasteiger partial charge in [0.2, 0.25) is 0 Å². The molecule has 0 aliphatic carbocycles. The summed E-state index contributed by atoms with van der Waals surface area (Å²) in [5.74, 6) is 0. The zero-order valence-corrected chi connectivity index (χ0v) is 59.2. The van der Waals surface area contributed by atoms with Crippen molar-refractivity contribution in [3.05, 3.63) is 114 Å². The first-order valence-corrected chi connectivity index (χ1v) is 40.0. The van der Waals surface area contributed by atoms with E-state index in [4.69, 9.17) is 0 Å². The predicted octanol–water partition coefficient (Wildman–Crippen LogP) is 29.2. The number of thiophene rings is 4. The van der Waals surface area contributed by atoms with Crippen LogP contribution in [0.1, 0.15) is 322 Å². The molecule has 4 aromatic rings. The van der Waals surface area contributed by atoms with Crippen molar-refractivity contribution >= 4 is 141 Å². The van der Waals surface area contributed by atoms with E-state index >= 15 is 0 Å². The molecule has 0 saturated heterocycles. The van der Waals surface area contributed by atoms with Gasteiger partial charge < -0.3 is 0 Å². The normalized spacial score (nSPS) is 14.1. The van der Waals surface area contributed by atoms with Gasteiger partial charge in [0.05, 0.1) is 8.47 Å². The monoisotopic (exact) mass is 1250 g/mol. The van der Waals surface area contributed by atoms with E-state index in [2.05, 4.69) is 175 Å². The van der Waals surface area contributed by atoms with Crippen LogP contribution in [0.15, 0.2) is 52.4 Å². The second kappa shape index (κ2) is 41.5. The summed E-state index contributed by atoms with van der Waals surface area (Å²) in [6, 6.07) is 10.2. The molecule has 8 heteroatoms. The van der Waals surface area contributed by atoms with Gasteiger partial charge in [-0.2, -0.15) is 0 Å². The highest BCUT2D eigenvalue weighted by atomic mass is 32.2. The third-order valence-corrected chi connectivity index (χ3v) is 25.5. The number of rotatable bonds is 44. The van der Waals surface area contributed by atoms with Gasteiger partial charge in [0, 0.05) is 58.6 Å². The van der Waals surface area contributed by atoms with Crippen LogP contribution >= 0.6 is 92.4 Å². The lowest BCUT2D eigenvalue weighted by atomic mass is 10.0. The third-order valence-electron chi connectivity index (χ3n) is 15.8. The quantitative estimate of drug-likeness (QED) is 0.0405. The maximum Gasteiger partial charge on any atom is 0.0506 e. The zero-order chi connectivity index (χ0) is 58.0. The summed E-state index contributed by atoms with van der Waals surface area (Å²) in [4.78, 5) is 18.0. The van der Waals surface area contributed by atoms with Gasteiger partial charge in [0.15, 0.2) is 0 Å². The predicted molar refractivity (Wildman–Crippen MR) is 392 cm³/mol. The molecule has 0 nitrogen and oxygen atoms in total. The molecule has 0 amide bonds. The molecule has 0 saturated carbocycles. The van der Waals surface area contributed by atoms with Crippen molar-refractivity contribution in [3.63, 3.8) is 0 Å². The lowest BCUT2D eigenvalue weighted by molar-refractivity contribution is 0.607. The Morgan fingerprint density at radius 2 is 0.476 bits per heavy atom. The summed E-state index contributed by atoms with van der Waals surface area (Å²) in [6.45, 7) is 18.6. The van der Waals surface area contributed by atoms with Crippen molar-refractivity contribution in [2.24, 2.45) is 0 Å². The summed E-state index contributed by atoms with van der Waals surface area (Å²) in [7, 11) is 0. The molecule has 0 N–H and O–H groups in total. The molecule has 0 aromatic carbocycles. The van der Waals surface area contributed by atoms with Crippen LogP contribution < -0.4 is 0 Å². The average Bonchev–Trinajstić information content (AvgIpc) is 4.49. The van der Waals surface area contributed by atoms with E-state index in [1.165, 1.54) is 277 Å². The molecule has 2 aliphatic rings. The van der Waals surface area contributed by atoms with Crippen molar-refractivity contribution in [2.45, 2.75) is 287 Å². The van der Waals surface area contributed by atoms with Gasteiger partial charge >= 0.3 is 0 Å². The first-order chi connectivity index (χ1) is 40.3. The van der Waals surface area contributed by atoms with E-state index in [1.54, 1.807) is 30.7 Å². The topological polar surface area (TPSA) is 0 Å². The molecule has 0 unspecified atom stereocenters. The van der Waals surface area contributed by atoms with Gasteiger partial charge in [-0.05, 0) is 172 Å². The number of hydrogen-bond acceptors (Lipinski definition) is 8. The number of aryl methyl sites for hydroxylation is 4. The van der Waals surface area contributed by atoms with Gasteiger partial charge in [-0.3, -0.25) is 0 Å². The third kappa shape index (κ3) is 24.9. The molecule has 6 rings (SSSR count). The minimum absolute atomic E-state index is 1.16. The molecular weight excluding hydrogens is 1150 g/mol. The van der Waals surface area contributed by atoms with Crippen LogP contribution in [-0.4, -0.2) is 0 Å². The Morgan fingerprint density at radius 3 is 0.732 bits per heavy atom. The maximum atomic E-state index is 2.55. The maximum absolute atomic E-state index is 2.55. The largest absolute Gasteiger partial charge is 0.136 e. The summed E-state index contributed by atoms with van der Waals surface area (Å²) in [5, 5.41) is 0. The van der Waals surface area contributed by atoms with Crippen LogP contribution in [0.5, 0.6) is 0 Å². The standard InChI is InChI=1S/C74H108S8/c1-9-17-21-25-29-33-41-57-51-61(75-65(57)47-49-67-59(43-35-31-27-23-19-11-3)53-63(77-67)55-73-79-69(37-13-5)70(80-73)38-14-6)45-46-62-52-58(42-34-30-26-22-18-10-2)66(76-62)48-50-68-60(44-36-32-28-24-20-12-4)54-64(78-68)56-74-81-71(39-15-7)72(82-74)40-16-8/h45-56H,9-44H2,1-8H3/b46-45+,49-47+,50-48+. The minimum Gasteiger partial charge on any atom is -0.136 e. The van der Waals surface area contributed by atoms with Crippen LogP contribution in [0.3, 0.4) is 0 Å². The van der Waals surface area contributed by atoms with Crippen LogP contribution in [0.25, 0.3) is 48.6 Å². The summed E-state index contributed by atoms with van der Waals surface area (Å²) in [5.41, 5.74) is 6.17. The smallest absolute Gasteiger partial charge is 0.0506 e. The van der Waals surface area contributed by atoms with Crippen molar-refractivity contribution < 1.29 is 0 Å². The fourth-order valence-electron chi connectivity index (χ4n) is 11.1. The van der Waals surface area contributed by atoms with E-state index in [0.717, 1.165) is 12.8 Å². The SMILES string of the molecule is CCCCCCCCc1cc(C=C2SC(CCC)=C(CCC)S2)sc1/C=C/c1sc(/C=C/c2cc(CCCCCCCC)c(/C=C/c3sc(C=C4SC(CCC)=C(CCC)S4)cc3CCCCCCCC)s2)cc1CCCCCCCC. The van der Waals surface area contributed by atoms with Crippen molar-refractivity contribution in [2.75, 3.05) is 0 Å². The minimum atomic E-state index is 1.16. The molecule has 452 valence electrons. The fourth-order valence-corrected chi connectivity index (χ4v) is 21.4. The van der Waals surface area contributed by atoms with Crippen LogP contribution in [0.2, 0.25) is 0 Å². The average molecular weight is 1250 g/mol.